The summed E-state index contributed by atoms with van der Waals surface area (Å²) in [5.74, 6) is 2.13. The van der Waals surface area contributed by atoms with Gasteiger partial charge < -0.3 is 14.6 Å². The molecule has 0 aliphatic heterocycles. The fraction of sp³-hybridized carbons (Fsp3) is 1.00. The van der Waals surface area contributed by atoms with E-state index in [-0.39, 0.29) is 22.2 Å². The summed E-state index contributed by atoms with van der Waals surface area (Å²) < 4.78 is 13.4. The number of hydrogen-bond donors (Lipinski definition) is 1. The lowest BCUT2D eigenvalue weighted by molar-refractivity contribution is 0.109. The van der Waals surface area contributed by atoms with Gasteiger partial charge in [-0.3, -0.25) is 0 Å². The topological polar surface area (TPSA) is 44.5 Å². The lowest BCUT2D eigenvalue weighted by atomic mass is 10.0. The zero-order chi connectivity index (χ0) is 30.5. The maximum Gasteiger partial charge on any atom is 0.192 e. The van der Waals surface area contributed by atoms with E-state index in [1.54, 1.807) is 0 Å². The Morgan fingerprint density at radius 2 is 1.07 bits per heavy atom. The highest BCUT2D eigenvalue weighted by atomic mass is 28.4. The molecule has 0 radical (unpaired) electrons. The molecule has 0 heterocycles. The standard InChI is InChI=1S/C35H75NO2Si2/c1-12-13-14-15-16-17-19-22-25-30-28-31(30)26-23-20-18-21-24-27-33(38-40(10,11)35(5,6)7)32(36)29-37-39(8,9)34(2,3)4/h30-33H,12-29,36H2,1-11H3/t30-,31+,32+,33-/m1/s1. The van der Waals surface area contributed by atoms with Gasteiger partial charge in [-0.1, -0.05) is 145 Å². The molecule has 0 saturated heterocycles. The molecule has 0 amide bonds. The first kappa shape index (κ1) is 38.3. The smallest absolute Gasteiger partial charge is 0.192 e. The summed E-state index contributed by atoms with van der Waals surface area (Å²) in [6, 6.07) is -0.0453. The Hall–Kier alpha value is 0.314. The summed E-state index contributed by atoms with van der Waals surface area (Å²) in [4.78, 5) is 0. The third kappa shape index (κ3) is 15.2. The fourth-order valence-electron chi connectivity index (χ4n) is 5.38. The van der Waals surface area contributed by atoms with Crippen molar-refractivity contribution in [3.63, 3.8) is 0 Å². The van der Waals surface area contributed by atoms with Gasteiger partial charge >= 0.3 is 0 Å². The molecule has 0 unspecified atom stereocenters. The van der Waals surface area contributed by atoms with Crippen LogP contribution in [0.4, 0.5) is 0 Å². The van der Waals surface area contributed by atoms with E-state index in [2.05, 4.69) is 74.7 Å². The molecule has 40 heavy (non-hydrogen) atoms. The summed E-state index contributed by atoms with van der Waals surface area (Å²) in [7, 11) is -3.69. The molecule has 0 aromatic rings. The number of unbranched alkanes of at least 4 members (excludes halogenated alkanes) is 11. The van der Waals surface area contributed by atoms with E-state index >= 15 is 0 Å². The van der Waals surface area contributed by atoms with Crippen molar-refractivity contribution in [3.05, 3.63) is 0 Å². The molecule has 5 heteroatoms. The van der Waals surface area contributed by atoms with Gasteiger partial charge in [0.2, 0.25) is 0 Å². The van der Waals surface area contributed by atoms with Gasteiger partial charge in [0.1, 0.15) is 0 Å². The van der Waals surface area contributed by atoms with Gasteiger partial charge in [0, 0.05) is 0 Å². The fourth-order valence-corrected chi connectivity index (χ4v) is 7.83. The molecule has 1 fully saturated rings. The highest BCUT2D eigenvalue weighted by Gasteiger charge is 2.42. The van der Waals surface area contributed by atoms with Gasteiger partial charge in [0.15, 0.2) is 16.6 Å². The molecular formula is C35H75NO2Si2. The molecule has 0 aromatic carbocycles. The summed E-state index contributed by atoms with van der Waals surface area (Å²) in [5.41, 5.74) is 6.80. The predicted molar refractivity (Wildman–Crippen MR) is 184 cm³/mol. The molecule has 1 rings (SSSR count). The second-order valence-corrected chi connectivity index (χ2v) is 26.1. The van der Waals surface area contributed by atoms with Crippen LogP contribution in [0, 0.1) is 11.8 Å². The minimum absolute atomic E-state index is 0.0453. The Balaban J connectivity index is 2.29. The molecule has 0 bridgehead atoms. The second kappa shape index (κ2) is 18.2. The molecular weight excluding hydrogens is 523 g/mol. The van der Waals surface area contributed by atoms with Crippen molar-refractivity contribution >= 4 is 16.6 Å². The Labute approximate surface area is 255 Å². The third-order valence-corrected chi connectivity index (χ3v) is 19.7. The normalized spacial score (nSPS) is 20.1. The van der Waals surface area contributed by atoms with E-state index < -0.39 is 16.6 Å². The van der Waals surface area contributed by atoms with Gasteiger partial charge in [-0.2, -0.15) is 0 Å². The van der Waals surface area contributed by atoms with Gasteiger partial charge in [-0.15, -0.1) is 0 Å². The van der Waals surface area contributed by atoms with E-state index in [9.17, 15) is 0 Å². The van der Waals surface area contributed by atoms with Crippen LogP contribution in [-0.4, -0.2) is 35.4 Å². The van der Waals surface area contributed by atoms with Crippen LogP contribution < -0.4 is 5.73 Å². The molecule has 240 valence electrons. The van der Waals surface area contributed by atoms with Crippen LogP contribution in [0.25, 0.3) is 0 Å². The summed E-state index contributed by atoms with van der Waals surface area (Å²) >= 11 is 0. The van der Waals surface area contributed by atoms with Crippen LogP contribution in [-0.2, 0) is 8.85 Å². The van der Waals surface area contributed by atoms with Crippen molar-refractivity contribution in [1.29, 1.82) is 0 Å². The lowest BCUT2D eigenvalue weighted by Gasteiger charge is -2.42. The molecule has 3 nitrogen and oxygen atoms in total. The van der Waals surface area contributed by atoms with Gasteiger partial charge in [-0.25, -0.2) is 0 Å². The summed E-state index contributed by atoms with van der Waals surface area (Å²) in [6.07, 6.45) is 24.0. The van der Waals surface area contributed by atoms with Gasteiger partial charge in [0.25, 0.3) is 0 Å². The lowest BCUT2D eigenvalue weighted by Crippen LogP contribution is -2.52. The molecule has 2 N–H and O–H groups in total. The van der Waals surface area contributed by atoms with E-state index in [4.69, 9.17) is 14.6 Å². The van der Waals surface area contributed by atoms with Crippen molar-refractivity contribution in [1.82, 2.24) is 0 Å². The summed E-state index contributed by atoms with van der Waals surface area (Å²) in [5, 5.41) is 0.400. The van der Waals surface area contributed by atoms with Crippen LogP contribution in [0.15, 0.2) is 0 Å². The first-order valence-corrected chi connectivity index (χ1v) is 23.4. The van der Waals surface area contributed by atoms with Crippen molar-refractivity contribution in [2.45, 2.75) is 206 Å². The Bertz CT molecular complexity index is 653. The minimum Gasteiger partial charge on any atom is -0.415 e. The van der Waals surface area contributed by atoms with E-state index in [1.165, 1.54) is 103 Å². The van der Waals surface area contributed by atoms with Crippen LogP contribution in [0.3, 0.4) is 0 Å². The van der Waals surface area contributed by atoms with Crippen molar-refractivity contribution in [3.8, 4) is 0 Å². The van der Waals surface area contributed by atoms with Gasteiger partial charge in [0.05, 0.1) is 18.8 Å². The largest absolute Gasteiger partial charge is 0.415 e. The molecule has 4 atom stereocenters. The zero-order valence-corrected chi connectivity index (χ0v) is 31.4. The van der Waals surface area contributed by atoms with Crippen LogP contribution in [0.5, 0.6) is 0 Å². The molecule has 1 aliphatic carbocycles. The highest BCUT2D eigenvalue weighted by molar-refractivity contribution is 6.74. The van der Waals surface area contributed by atoms with E-state index in [0.29, 0.717) is 6.61 Å². The Morgan fingerprint density at radius 1 is 0.650 bits per heavy atom. The summed E-state index contributed by atoms with van der Waals surface area (Å²) in [6.45, 7) is 26.2. The average molecular weight is 598 g/mol. The quantitative estimate of drug-likeness (QED) is 0.0941. The maximum absolute atomic E-state index is 6.91. The molecule has 0 spiro atoms. The van der Waals surface area contributed by atoms with E-state index in [0.717, 1.165) is 18.3 Å². The first-order chi connectivity index (χ1) is 18.5. The predicted octanol–water partition coefficient (Wildman–Crippen LogP) is 11.6. The van der Waals surface area contributed by atoms with Crippen molar-refractivity contribution < 1.29 is 8.85 Å². The average Bonchev–Trinajstić information content (AvgIpc) is 3.59. The van der Waals surface area contributed by atoms with Crippen LogP contribution >= 0.6 is 0 Å². The number of hydrogen-bond acceptors (Lipinski definition) is 3. The first-order valence-electron chi connectivity index (χ1n) is 17.6. The highest BCUT2D eigenvalue weighted by Crippen LogP contribution is 2.46. The van der Waals surface area contributed by atoms with E-state index in [1.807, 2.05) is 0 Å². The zero-order valence-electron chi connectivity index (χ0n) is 29.4. The Morgan fingerprint density at radius 3 is 1.52 bits per heavy atom. The SMILES string of the molecule is CCCCCCCCCC[C@@H]1C[C@@H]1CCCCCCC[C@@H](O[Si](C)(C)C(C)(C)C)[C@@H](N)CO[Si](C)(C)C(C)(C)C. The third-order valence-electron chi connectivity index (χ3n) is 10.7. The monoisotopic (exact) mass is 598 g/mol. The number of nitrogens with two attached hydrogens (primary N) is 1. The molecule has 1 saturated carbocycles. The molecule has 1 aliphatic rings. The second-order valence-electron chi connectivity index (χ2n) is 16.5. The Kier molecular flexibility index (Phi) is 17.4. The maximum atomic E-state index is 6.91. The molecule has 0 aromatic heterocycles. The number of rotatable bonds is 23. The van der Waals surface area contributed by atoms with Crippen LogP contribution in [0.2, 0.25) is 36.3 Å². The van der Waals surface area contributed by atoms with Crippen molar-refractivity contribution in [2.24, 2.45) is 17.6 Å². The minimum atomic E-state index is -1.88. The van der Waals surface area contributed by atoms with Crippen molar-refractivity contribution in [2.75, 3.05) is 6.61 Å². The van der Waals surface area contributed by atoms with Crippen LogP contribution in [0.1, 0.15) is 158 Å². The van der Waals surface area contributed by atoms with Gasteiger partial charge in [-0.05, 0) is 60.9 Å².